The summed E-state index contributed by atoms with van der Waals surface area (Å²) in [6.45, 7) is 0. The molecule has 5 heteroatoms. The molecule has 4 aromatic carbocycles. The van der Waals surface area contributed by atoms with Crippen molar-refractivity contribution in [1.29, 1.82) is 0 Å². The summed E-state index contributed by atoms with van der Waals surface area (Å²) in [6.07, 6.45) is 0. The molecule has 0 aliphatic carbocycles. The van der Waals surface area contributed by atoms with E-state index in [2.05, 4.69) is 0 Å². The van der Waals surface area contributed by atoms with E-state index in [4.69, 9.17) is 2.52 Å². The molecule has 4 aromatic rings. The fraction of sp³-hybridized carbons (Fsp3) is 0. The molecule has 29 heavy (non-hydrogen) atoms. The van der Waals surface area contributed by atoms with Crippen LogP contribution < -0.4 is 10.7 Å². The van der Waals surface area contributed by atoms with Gasteiger partial charge in [0.25, 0.3) is 0 Å². The topological polar surface area (TPSA) is 43.4 Å². The first kappa shape index (κ1) is 19.9. The molecule has 0 aliphatic heterocycles. The monoisotopic (exact) mass is 508 g/mol. The Balaban J connectivity index is 2.01. The Morgan fingerprint density at radius 1 is 0.483 bits per heavy atom. The maximum atomic E-state index is 13.4. The van der Waals surface area contributed by atoms with E-state index in [1.807, 2.05) is 91.0 Å². The average molecular weight is 507 g/mol. The molecule has 0 atom stereocenters. The Hall–Kier alpha value is -2.41. The molecule has 0 aromatic heterocycles. The molecular weight excluding hydrogens is 487 g/mol. The zero-order chi connectivity index (χ0) is 20.2. The Labute approximate surface area is 176 Å². The molecule has 144 valence electrons. The van der Waals surface area contributed by atoms with E-state index < -0.39 is 28.9 Å². The minimum absolute atomic E-state index is 0.170. The van der Waals surface area contributed by atoms with Crippen LogP contribution in [0.1, 0.15) is 0 Å². The summed E-state index contributed by atoms with van der Waals surface area (Å²) in [5, 5.41) is 0. The first-order valence-corrected chi connectivity index (χ1v) is 16.2. The summed E-state index contributed by atoms with van der Waals surface area (Å²) in [4.78, 5) is 0.170. The third kappa shape index (κ3) is 4.01. The molecule has 0 amide bonds. The average Bonchev–Trinajstić information content (AvgIpc) is 2.80. The second-order valence-corrected chi connectivity index (χ2v) is 18.4. The maximum absolute atomic E-state index is 13.4. The van der Waals surface area contributed by atoms with Crippen LogP contribution in [0.4, 0.5) is 0 Å². The van der Waals surface area contributed by atoms with Crippen molar-refractivity contribution in [3.8, 4) is 0 Å². The molecule has 0 aliphatic rings. The van der Waals surface area contributed by atoms with Crippen molar-refractivity contribution in [2.24, 2.45) is 0 Å². The molecular formula is C24H20O3SSn. The minimum atomic E-state index is -4.36. The van der Waals surface area contributed by atoms with Crippen molar-refractivity contribution in [3.05, 3.63) is 121 Å². The second-order valence-electron chi connectivity index (χ2n) is 6.63. The van der Waals surface area contributed by atoms with Gasteiger partial charge in [0.2, 0.25) is 0 Å². The second kappa shape index (κ2) is 8.53. The van der Waals surface area contributed by atoms with Crippen LogP contribution in [0.25, 0.3) is 0 Å². The predicted octanol–water partition coefficient (Wildman–Crippen LogP) is 3.06. The molecule has 4 rings (SSSR count). The van der Waals surface area contributed by atoms with E-state index in [1.54, 1.807) is 30.3 Å². The van der Waals surface area contributed by atoms with Crippen LogP contribution >= 0.6 is 0 Å². The Bertz CT molecular complexity index is 1070. The van der Waals surface area contributed by atoms with Crippen molar-refractivity contribution in [3.63, 3.8) is 0 Å². The molecule has 0 radical (unpaired) electrons. The predicted molar refractivity (Wildman–Crippen MR) is 119 cm³/mol. The van der Waals surface area contributed by atoms with Gasteiger partial charge >= 0.3 is 177 Å². The van der Waals surface area contributed by atoms with Crippen LogP contribution in [-0.2, 0) is 12.6 Å². The fourth-order valence-corrected chi connectivity index (χ4v) is 19.3. The first-order valence-electron chi connectivity index (χ1n) is 9.30. The van der Waals surface area contributed by atoms with E-state index in [-0.39, 0.29) is 4.90 Å². The number of rotatable bonds is 6. The third-order valence-corrected chi connectivity index (χ3v) is 20.0. The molecule has 0 saturated carbocycles. The van der Waals surface area contributed by atoms with Gasteiger partial charge in [-0.05, 0) is 0 Å². The molecule has 0 heterocycles. The van der Waals surface area contributed by atoms with E-state index in [0.717, 1.165) is 10.7 Å². The van der Waals surface area contributed by atoms with Crippen molar-refractivity contribution < 1.29 is 10.9 Å². The fourth-order valence-electron chi connectivity index (χ4n) is 3.46. The van der Waals surface area contributed by atoms with Crippen LogP contribution in [0.3, 0.4) is 0 Å². The summed E-state index contributed by atoms with van der Waals surface area (Å²) in [6, 6.07) is 37.7. The standard InChI is InChI=1S/C6H6O3S.3C6H5.Sn/c7-10(8,9)6-4-2-1-3-5-6;3*1-2-4-6-5-3-1;/h1-5H,(H,7,8,9);3*1-5H;/q;;;;+1/p-1. The van der Waals surface area contributed by atoms with Crippen LogP contribution in [0, 0.1) is 0 Å². The van der Waals surface area contributed by atoms with Crippen LogP contribution in [0.5, 0.6) is 0 Å². The van der Waals surface area contributed by atoms with Gasteiger partial charge in [0, 0.05) is 0 Å². The van der Waals surface area contributed by atoms with Gasteiger partial charge < -0.3 is 0 Å². The molecule has 0 spiro atoms. The SMILES string of the molecule is O=S(=O)([O][Sn]([c]1ccccc1)([c]1ccccc1)[c]1ccccc1)c1ccccc1. The Morgan fingerprint density at radius 3 is 1.14 bits per heavy atom. The van der Waals surface area contributed by atoms with Gasteiger partial charge in [0.05, 0.1) is 0 Å². The molecule has 0 fully saturated rings. The van der Waals surface area contributed by atoms with Crippen molar-refractivity contribution in [2.45, 2.75) is 4.90 Å². The van der Waals surface area contributed by atoms with Gasteiger partial charge in [-0.25, -0.2) is 0 Å². The van der Waals surface area contributed by atoms with Crippen LogP contribution in [-0.4, -0.2) is 27.2 Å². The van der Waals surface area contributed by atoms with Crippen LogP contribution in [0.15, 0.2) is 126 Å². The van der Waals surface area contributed by atoms with E-state index in [1.165, 1.54) is 0 Å². The van der Waals surface area contributed by atoms with E-state index in [9.17, 15) is 8.42 Å². The molecule has 0 saturated heterocycles. The van der Waals surface area contributed by atoms with Gasteiger partial charge in [-0.15, -0.1) is 0 Å². The van der Waals surface area contributed by atoms with Crippen molar-refractivity contribution in [2.75, 3.05) is 0 Å². The Morgan fingerprint density at radius 2 is 0.793 bits per heavy atom. The van der Waals surface area contributed by atoms with Crippen molar-refractivity contribution in [1.82, 2.24) is 0 Å². The van der Waals surface area contributed by atoms with Crippen molar-refractivity contribution >= 4 is 39.6 Å². The normalized spacial score (nSPS) is 11.9. The number of hydrogen-bond donors (Lipinski definition) is 0. The van der Waals surface area contributed by atoms with Gasteiger partial charge in [0.1, 0.15) is 0 Å². The molecule has 3 nitrogen and oxygen atoms in total. The van der Waals surface area contributed by atoms with Gasteiger partial charge in [0.15, 0.2) is 0 Å². The summed E-state index contributed by atoms with van der Waals surface area (Å²) in [7, 11) is -3.97. The summed E-state index contributed by atoms with van der Waals surface area (Å²) < 4.78 is 36.0. The first-order chi connectivity index (χ1) is 14.1. The molecule has 0 N–H and O–H groups in total. The molecule has 0 bridgehead atoms. The summed E-state index contributed by atoms with van der Waals surface area (Å²) >= 11 is -4.36. The molecule has 0 unspecified atom stereocenters. The summed E-state index contributed by atoms with van der Waals surface area (Å²) in [5.74, 6) is 0. The van der Waals surface area contributed by atoms with Gasteiger partial charge in [-0.2, -0.15) is 0 Å². The zero-order valence-electron chi connectivity index (χ0n) is 15.7. The van der Waals surface area contributed by atoms with E-state index >= 15 is 0 Å². The van der Waals surface area contributed by atoms with Crippen LogP contribution in [0.2, 0.25) is 0 Å². The van der Waals surface area contributed by atoms with Gasteiger partial charge in [-0.1, -0.05) is 0 Å². The summed E-state index contributed by atoms with van der Waals surface area (Å²) in [5.41, 5.74) is 0. The number of benzene rings is 4. The zero-order valence-corrected chi connectivity index (χ0v) is 19.4. The van der Waals surface area contributed by atoms with E-state index in [0.29, 0.717) is 0 Å². The quantitative estimate of drug-likeness (QED) is 0.377. The number of hydrogen-bond acceptors (Lipinski definition) is 3. The van der Waals surface area contributed by atoms with Gasteiger partial charge in [-0.3, -0.25) is 0 Å². The third-order valence-electron chi connectivity index (χ3n) is 4.81. The Kier molecular flexibility index (Phi) is 5.85.